The van der Waals surface area contributed by atoms with Crippen molar-refractivity contribution in [1.82, 2.24) is 0 Å². The number of esters is 2. The Balaban J connectivity index is 2.02. The van der Waals surface area contributed by atoms with Gasteiger partial charge in [-0.05, 0) is 0 Å². The van der Waals surface area contributed by atoms with Gasteiger partial charge in [0.2, 0.25) is 0 Å². The van der Waals surface area contributed by atoms with Crippen molar-refractivity contribution in [2.75, 3.05) is 13.1 Å². The number of nitrogens with one attached hydrogen (secondary N) is 1. The quantitative estimate of drug-likeness (QED) is 0.218. The Hall–Kier alpha value is -1.24. The van der Waals surface area contributed by atoms with Gasteiger partial charge in [0.05, 0.1) is 25.3 Å². The molecular formula is C10H9NO5. The lowest BCUT2D eigenvalue weighted by molar-refractivity contribution is -0.840. The van der Waals surface area contributed by atoms with E-state index in [1.807, 2.05) is 0 Å². The number of carbonyl (C=O) groups excluding carboxylic acids is 2. The predicted octanol–water partition coefficient (Wildman–Crippen LogP) is -2.22. The highest BCUT2D eigenvalue weighted by atomic mass is 16.6. The number of quaternary nitrogens is 1. The van der Waals surface area contributed by atoms with Crippen LogP contribution in [0.15, 0.2) is 12.2 Å². The molecule has 6 heteroatoms. The highest BCUT2D eigenvalue weighted by Crippen LogP contribution is 2.62. The zero-order chi connectivity index (χ0) is 11.1. The number of hydrogen-bond donors (Lipinski definition) is 1. The Labute approximate surface area is 90.4 Å². The largest absolute Gasteiger partial charge is 0.634 e. The van der Waals surface area contributed by atoms with E-state index in [-0.39, 0.29) is 18.2 Å². The van der Waals surface area contributed by atoms with Gasteiger partial charge < -0.3 is 19.7 Å². The maximum Gasteiger partial charge on any atom is 0.330 e. The smallest absolute Gasteiger partial charge is 0.330 e. The van der Waals surface area contributed by atoms with Gasteiger partial charge in [-0.15, -0.1) is 0 Å². The number of rotatable bonds is 0. The van der Waals surface area contributed by atoms with Crippen LogP contribution in [-0.4, -0.2) is 37.2 Å². The topological polar surface area (TPSA) is 80.1 Å². The van der Waals surface area contributed by atoms with Crippen molar-refractivity contribution in [1.29, 1.82) is 0 Å². The second kappa shape index (κ2) is 2.22. The van der Waals surface area contributed by atoms with Gasteiger partial charge in [0, 0.05) is 0 Å². The molecule has 16 heavy (non-hydrogen) atoms. The Bertz CT molecular complexity index is 422. The van der Waals surface area contributed by atoms with Crippen LogP contribution < -0.4 is 5.06 Å². The Morgan fingerprint density at radius 2 is 1.69 bits per heavy atom. The minimum absolute atomic E-state index is 0.0491. The number of carbonyl (C=O) groups is 2. The molecule has 0 amide bonds. The van der Waals surface area contributed by atoms with Crippen LogP contribution in [0.3, 0.4) is 0 Å². The van der Waals surface area contributed by atoms with Crippen molar-refractivity contribution >= 4 is 11.9 Å². The molecule has 1 N–H and O–H groups in total. The molecule has 0 radical (unpaired) electrons. The van der Waals surface area contributed by atoms with Gasteiger partial charge in [0.1, 0.15) is 0 Å². The Morgan fingerprint density at radius 3 is 2.19 bits per heavy atom. The molecule has 4 unspecified atom stereocenters. The molecule has 4 atom stereocenters. The fraction of sp³-hybridized carbons (Fsp3) is 0.600. The normalized spacial score (nSPS) is 56.7. The van der Waals surface area contributed by atoms with Crippen molar-refractivity contribution in [2.24, 2.45) is 10.8 Å². The first-order valence-electron chi connectivity index (χ1n) is 5.23. The fourth-order valence-electron chi connectivity index (χ4n) is 3.73. The van der Waals surface area contributed by atoms with E-state index in [9.17, 15) is 14.8 Å². The minimum atomic E-state index is -1.05. The molecular weight excluding hydrogens is 214 g/mol. The van der Waals surface area contributed by atoms with E-state index >= 15 is 0 Å². The second-order valence-electron chi connectivity index (χ2n) is 4.87. The van der Waals surface area contributed by atoms with Crippen LogP contribution in [0.25, 0.3) is 0 Å². The Morgan fingerprint density at radius 1 is 1.19 bits per heavy atom. The van der Waals surface area contributed by atoms with Crippen LogP contribution >= 0.6 is 0 Å². The van der Waals surface area contributed by atoms with Gasteiger partial charge in [-0.25, -0.2) is 0 Å². The molecule has 3 fully saturated rings. The lowest BCUT2D eigenvalue weighted by Gasteiger charge is -2.26. The SMILES string of the molecule is O=C1OC(=O)C23C[NH+]([O-])CC12C1C=CC3O1. The van der Waals surface area contributed by atoms with Crippen molar-refractivity contribution in [3.8, 4) is 0 Å². The minimum Gasteiger partial charge on any atom is -0.634 e. The molecule has 6 nitrogen and oxygen atoms in total. The van der Waals surface area contributed by atoms with E-state index in [2.05, 4.69) is 0 Å². The summed E-state index contributed by atoms with van der Waals surface area (Å²) in [6.07, 6.45) is 2.59. The van der Waals surface area contributed by atoms with Crippen molar-refractivity contribution < 1.29 is 24.1 Å². The van der Waals surface area contributed by atoms with Crippen molar-refractivity contribution in [3.05, 3.63) is 17.4 Å². The molecule has 0 aromatic heterocycles. The fourth-order valence-corrected chi connectivity index (χ4v) is 3.73. The molecule has 3 saturated heterocycles. The van der Waals surface area contributed by atoms with Gasteiger partial charge in [-0.3, -0.25) is 9.59 Å². The first-order chi connectivity index (χ1) is 7.61. The molecule has 0 saturated carbocycles. The average Bonchev–Trinajstić information content (AvgIpc) is 2.86. The van der Waals surface area contributed by atoms with Gasteiger partial charge in [-0.1, -0.05) is 12.2 Å². The van der Waals surface area contributed by atoms with E-state index in [4.69, 9.17) is 9.47 Å². The van der Waals surface area contributed by atoms with Crippen LogP contribution in [0.2, 0.25) is 0 Å². The summed E-state index contributed by atoms with van der Waals surface area (Å²) in [7, 11) is 0. The van der Waals surface area contributed by atoms with Gasteiger partial charge >= 0.3 is 11.9 Å². The average molecular weight is 223 g/mol. The van der Waals surface area contributed by atoms with E-state index in [1.54, 1.807) is 12.2 Å². The summed E-state index contributed by atoms with van der Waals surface area (Å²) in [6.45, 7) is 0.145. The van der Waals surface area contributed by atoms with Gasteiger partial charge in [0.15, 0.2) is 10.8 Å². The van der Waals surface area contributed by atoms with Crippen LogP contribution in [0.1, 0.15) is 0 Å². The first-order valence-corrected chi connectivity index (χ1v) is 5.23. The predicted molar refractivity (Wildman–Crippen MR) is 47.8 cm³/mol. The summed E-state index contributed by atoms with van der Waals surface area (Å²) in [4.78, 5) is 23.8. The van der Waals surface area contributed by atoms with Crippen molar-refractivity contribution in [2.45, 2.75) is 12.2 Å². The zero-order valence-corrected chi connectivity index (χ0v) is 8.26. The summed E-state index contributed by atoms with van der Waals surface area (Å²) in [6, 6.07) is 0. The highest BCUT2D eigenvalue weighted by molar-refractivity contribution is 6.04. The molecule has 4 aliphatic heterocycles. The Kier molecular flexibility index (Phi) is 1.23. The van der Waals surface area contributed by atoms with Crippen LogP contribution in [0.4, 0.5) is 0 Å². The van der Waals surface area contributed by atoms with E-state index in [0.29, 0.717) is 0 Å². The summed E-state index contributed by atoms with van der Waals surface area (Å²) < 4.78 is 10.3. The number of cyclic esters (lactones) is 2. The highest BCUT2D eigenvalue weighted by Gasteiger charge is 2.85. The second-order valence-corrected chi connectivity index (χ2v) is 4.87. The lowest BCUT2D eigenvalue weighted by Crippen LogP contribution is -3.06. The van der Waals surface area contributed by atoms with Crippen LogP contribution in [0, 0.1) is 16.0 Å². The van der Waals surface area contributed by atoms with E-state index in [0.717, 1.165) is 0 Å². The summed E-state index contributed by atoms with van der Waals surface area (Å²) >= 11 is 0. The maximum atomic E-state index is 11.9. The third kappa shape index (κ3) is 0.588. The van der Waals surface area contributed by atoms with Gasteiger partial charge in [-0.2, -0.15) is 0 Å². The lowest BCUT2D eigenvalue weighted by atomic mass is 9.61. The van der Waals surface area contributed by atoms with E-state index < -0.39 is 35.0 Å². The molecule has 4 heterocycles. The molecule has 4 aliphatic rings. The summed E-state index contributed by atoms with van der Waals surface area (Å²) in [5, 5.41) is 11.6. The van der Waals surface area contributed by atoms with Crippen molar-refractivity contribution in [3.63, 3.8) is 0 Å². The molecule has 0 aromatic carbocycles. The molecule has 2 bridgehead atoms. The summed E-state index contributed by atoms with van der Waals surface area (Å²) in [5.41, 5.74) is -2.11. The third-order valence-corrected chi connectivity index (χ3v) is 4.39. The van der Waals surface area contributed by atoms with Crippen LogP contribution in [-0.2, 0) is 19.1 Å². The monoisotopic (exact) mass is 223 g/mol. The standard InChI is InChI=1S/C10H9NO5/c12-7-9-3-11(14)4-10(9,8(13)16-7)6-2-1-5(9)15-6/h1-2,5-6,11H,3-4H2. The van der Waals surface area contributed by atoms with E-state index in [1.165, 1.54) is 0 Å². The molecule has 4 rings (SSSR count). The third-order valence-electron chi connectivity index (χ3n) is 4.39. The maximum absolute atomic E-state index is 11.9. The van der Waals surface area contributed by atoms with Gasteiger partial charge in [0.25, 0.3) is 0 Å². The number of hydroxylamine groups is 2. The zero-order valence-electron chi connectivity index (χ0n) is 8.26. The summed E-state index contributed by atoms with van der Waals surface area (Å²) in [5.74, 6) is -1.17. The molecule has 0 aromatic rings. The van der Waals surface area contributed by atoms with Crippen LogP contribution in [0.5, 0.6) is 0 Å². The number of ether oxygens (including phenoxy) is 2. The molecule has 84 valence electrons. The molecule has 0 aliphatic carbocycles. The first kappa shape index (κ1) is 8.86. The molecule has 0 spiro atoms. The number of fused-ring (bicyclic) bond motifs is 2. The number of hydrogen-bond acceptors (Lipinski definition) is 5.